The van der Waals surface area contributed by atoms with Gasteiger partial charge in [-0.3, -0.25) is 0 Å². The second-order valence-corrected chi connectivity index (χ2v) is 8.45. The van der Waals surface area contributed by atoms with E-state index in [1.165, 1.54) is 0 Å². The summed E-state index contributed by atoms with van der Waals surface area (Å²) in [7, 11) is -0.775. The van der Waals surface area contributed by atoms with E-state index in [-0.39, 0.29) is 17.5 Å². The Bertz CT molecular complexity index is 641. The van der Waals surface area contributed by atoms with Crippen LogP contribution < -0.4 is 10.2 Å². The average molecular weight is 325 g/mol. The summed E-state index contributed by atoms with van der Waals surface area (Å²) in [4.78, 5) is 13.5. The molecule has 7 nitrogen and oxygen atoms in total. The predicted molar refractivity (Wildman–Crippen MR) is 87.2 cm³/mol. The van der Waals surface area contributed by atoms with Crippen molar-refractivity contribution >= 4 is 21.6 Å². The molecule has 1 unspecified atom stereocenters. The summed E-state index contributed by atoms with van der Waals surface area (Å²) in [6.45, 7) is 5.88. The van der Waals surface area contributed by atoms with Gasteiger partial charge in [-0.1, -0.05) is 0 Å². The van der Waals surface area contributed by atoms with E-state index >= 15 is 0 Å². The molecule has 2 aliphatic heterocycles. The number of hydrogen-bond acceptors (Lipinski definition) is 7. The molecule has 1 atom stereocenters. The molecule has 1 aromatic rings. The van der Waals surface area contributed by atoms with Gasteiger partial charge in [0.15, 0.2) is 9.84 Å². The summed E-state index contributed by atoms with van der Waals surface area (Å²) in [6.07, 6.45) is 0.628. The minimum atomic E-state index is -2.90. The van der Waals surface area contributed by atoms with Gasteiger partial charge in [0.1, 0.15) is 5.82 Å². The summed E-state index contributed by atoms with van der Waals surface area (Å²) < 4.78 is 23.1. The van der Waals surface area contributed by atoms with Crippen LogP contribution in [0, 0.1) is 6.92 Å². The average Bonchev–Trinajstić information content (AvgIpc) is 2.78. The monoisotopic (exact) mass is 325 g/mol. The zero-order valence-electron chi connectivity index (χ0n) is 13.1. The van der Waals surface area contributed by atoms with Crippen molar-refractivity contribution in [1.29, 1.82) is 0 Å². The molecule has 0 spiro atoms. The molecule has 2 saturated heterocycles. The summed E-state index contributed by atoms with van der Waals surface area (Å²) >= 11 is 0. The molecule has 3 rings (SSSR count). The lowest BCUT2D eigenvalue weighted by Crippen LogP contribution is -2.45. The maximum atomic E-state index is 11.5. The van der Waals surface area contributed by atoms with Crippen LogP contribution >= 0.6 is 0 Å². The third-order valence-corrected chi connectivity index (χ3v) is 6.00. The van der Waals surface area contributed by atoms with E-state index in [1.807, 2.05) is 13.0 Å². The van der Waals surface area contributed by atoms with E-state index in [0.717, 1.165) is 37.7 Å². The smallest absolute Gasteiger partial charge is 0.225 e. The summed E-state index contributed by atoms with van der Waals surface area (Å²) in [5, 5.41) is 3.19. The highest BCUT2D eigenvalue weighted by Gasteiger charge is 2.28. The molecular weight excluding hydrogens is 302 g/mol. The maximum Gasteiger partial charge on any atom is 0.225 e. The molecular formula is C14H23N5O2S. The van der Waals surface area contributed by atoms with Crippen molar-refractivity contribution in [3.05, 3.63) is 11.8 Å². The highest BCUT2D eigenvalue weighted by Crippen LogP contribution is 2.19. The Morgan fingerprint density at radius 3 is 2.59 bits per heavy atom. The van der Waals surface area contributed by atoms with Gasteiger partial charge >= 0.3 is 0 Å². The number of nitrogens with one attached hydrogen (secondary N) is 1. The van der Waals surface area contributed by atoms with E-state index in [9.17, 15) is 8.42 Å². The van der Waals surface area contributed by atoms with Gasteiger partial charge in [0.05, 0.1) is 11.5 Å². The number of sulfone groups is 1. The predicted octanol–water partition coefficient (Wildman–Crippen LogP) is 0.136. The number of likely N-dealkylation sites (N-methyl/N-ethyl adjacent to an activating group) is 1. The topological polar surface area (TPSA) is 78.4 Å². The van der Waals surface area contributed by atoms with Crippen LogP contribution in [0.25, 0.3) is 0 Å². The van der Waals surface area contributed by atoms with Crippen molar-refractivity contribution in [3.63, 3.8) is 0 Å². The Balaban J connectivity index is 1.73. The fourth-order valence-corrected chi connectivity index (χ4v) is 4.58. The number of nitrogens with zero attached hydrogens (tertiary/aromatic N) is 4. The highest BCUT2D eigenvalue weighted by atomic mass is 32.2. The molecule has 2 aliphatic rings. The molecule has 3 heterocycles. The van der Waals surface area contributed by atoms with Gasteiger partial charge in [-0.15, -0.1) is 0 Å². The third-order valence-electron chi connectivity index (χ3n) is 4.23. The molecule has 0 aliphatic carbocycles. The zero-order valence-corrected chi connectivity index (χ0v) is 13.9. The largest absolute Gasteiger partial charge is 0.354 e. The van der Waals surface area contributed by atoms with E-state index in [2.05, 4.69) is 32.1 Å². The lowest BCUT2D eigenvalue weighted by molar-refractivity contribution is 0.312. The van der Waals surface area contributed by atoms with Gasteiger partial charge < -0.3 is 15.1 Å². The minimum Gasteiger partial charge on any atom is -0.354 e. The zero-order chi connectivity index (χ0) is 15.7. The molecule has 122 valence electrons. The Morgan fingerprint density at radius 2 is 1.95 bits per heavy atom. The SMILES string of the molecule is Cc1cc(N2CCN(C)CC2)nc(NC2CCS(=O)(=O)C2)n1. The normalized spacial score (nSPS) is 25.4. The quantitative estimate of drug-likeness (QED) is 0.846. The fraction of sp³-hybridized carbons (Fsp3) is 0.714. The maximum absolute atomic E-state index is 11.5. The number of anilines is 2. The van der Waals surface area contributed by atoms with Crippen molar-refractivity contribution in [2.24, 2.45) is 0 Å². The molecule has 0 radical (unpaired) electrons. The standard InChI is InChI=1S/C14H23N5O2S/c1-11-9-13(19-6-4-18(2)5-7-19)17-14(15-11)16-12-3-8-22(20,21)10-12/h9,12H,3-8,10H2,1-2H3,(H,15,16,17). The van der Waals surface area contributed by atoms with Crippen molar-refractivity contribution < 1.29 is 8.42 Å². The Morgan fingerprint density at radius 1 is 1.23 bits per heavy atom. The van der Waals surface area contributed by atoms with Crippen LogP contribution in [-0.2, 0) is 9.84 Å². The second-order valence-electron chi connectivity index (χ2n) is 6.23. The molecule has 1 N–H and O–H groups in total. The first-order valence-corrected chi connectivity index (χ1v) is 9.49. The first kappa shape index (κ1) is 15.5. The summed E-state index contributed by atoms with van der Waals surface area (Å²) in [5.74, 6) is 1.88. The number of hydrogen-bond donors (Lipinski definition) is 1. The summed E-state index contributed by atoms with van der Waals surface area (Å²) in [5.41, 5.74) is 0.896. The first-order chi connectivity index (χ1) is 10.4. The molecule has 8 heteroatoms. The number of aryl methyl sites for hydroxylation is 1. The van der Waals surface area contributed by atoms with Crippen molar-refractivity contribution in [2.75, 3.05) is 54.9 Å². The fourth-order valence-electron chi connectivity index (χ4n) is 2.91. The van der Waals surface area contributed by atoms with Crippen LogP contribution in [-0.4, -0.2) is 74.1 Å². The van der Waals surface area contributed by atoms with Gasteiger partial charge in [0.2, 0.25) is 5.95 Å². The van der Waals surface area contributed by atoms with Gasteiger partial charge in [-0.25, -0.2) is 13.4 Å². The third kappa shape index (κ3) is 3.67. The van der Waals surface area contributed by atoms with Crippen LogP contribution in [0.15, 0.2) is 6.07 Å². The lowest BCUT2D eigenvalue weighted by Gasteiger charge is -2.33. The van der Waals surface area contributed by atoms with Gasteiger partial charge in [-0.2, -0.15) is 4.98 Å². The highest BCUT2D eigenvalue weighted by molar-refractivity contribution is 7.91. The number of rotatable bonds is 3. The number of piperazine rings is 1. The van der Waals surface area contributed by atoms with Crippen molar-refractivity contribution in [2.45, 2.75) is 19.4 Å². The molecule has 0 amide bonds. The van der Waals surface area contributed by atoms with Gasteiger partial charge in [0, 0.05) is 44.0 Å². The molecule has 2 fully saturated rings. The van der Waals surface area contributed by atoms with Crippen LogP contribution in [0.1, 0.15) is 12.1 Å². The van der Waals surface area contributed by atoms with Crippen molar-refractivity contribution in [3.8, 4) is 0 Å². The van der Waals surface area contributed by atoms with Crippen LogP contribution in [0.4, 0.5) is 11.8 Å². The Kier molecular flexibility index (Phi) is 4.22. The lowest BCUT2D eigenvalue weighted by atomic mass is 10.3. The van der Waals surface area contributed by atoms with Gasteiger partial charge in [0.25, 0.3) is 0 Å². The van der Waals surface area contributed by atoms with Crippen LogP contribution in [0.3, 0.4) is 0 Å². The van der Waals surface area contributed by atoms with Gasteiger partial charge in [-0.05, 0) is 20.4 Å². The number of aromatic nitrogens is 2. The molecule has 0 saturated carbocycles. The van der Waals surface area contributed by atoms with Crippen molar-refractivity contribution in [1.82, 2.24) is 14.9 Å². The van der Waals surface area contributed by atoms with E-state index < -0.39 is 9.84 Å². The van der Waals surface area contributed by atoms with E-state index in [0.29, 0.717) is 12.4 Å². The van der Waals surface area contributed by atoms with E-state index in [1.54, 1.807) is 0 Å². The van der Waals surface area contributed by atoms with Crippen LogP contribution in [0.5, 0.6) is 0 Å². The van der Waals surface area contributed by atoms with E-state index in [4.69, 9.17) is 0 Å². The summed E-state index contributed by atoms with van der Waals surface area (Å²) in [6, 6.07) is 1.91. The molecule has 0 aromatic carbocycles. The first-order valence-electron chi connectivity index (χ1n) is 7.67. The minimum absolute atomic E-state index is 0.0767. The molecule has 0 bridgehead atoms. The van der Waals surface area contributed by atoms with Crippen LogP contribution in [0.2, 0.25) is 0 Å². The molecule has 1 aromatic heterocycles. The molecule has 22 heavy (non-hydrogen) atoms. The Labute approximate surface area is 131 Å². The Hall–Kier alpha value is -1.41. The second kappa shape index (κ2) is 6.00.